The Bertz CT molecular complexity index is 869. The predicted octanol–water partition coefficient (Wildman–Crippen LogP) is 3.13. The van der Waals surface area contributed by atoms with Gasteiger partial charge in [-0.25, -0.2) is 0 Å². The lowest BCUT2D eigenvalue weighted by Gasteiger charge is -2.19. The minimum atomic E-state index is -0.186. The maximum Gasteiger partial charge on any atom is 0.225 e. The van der Waals surface area contributed by atoms with Gasteiger partial charge in [0, 0.05) is 40.9 Å². The van der Waals surface area contributed by atoms with E-state index >= 15 is 0 Å². The lowest BCUT2D eigenvalue weighted by molar-refractivity contribution is -0.116. The van der Waals surface area contributed by atoms with Crippen molar-refractivity contribution < 1.29 is 14.4 Å². The second kappa shape index (κ2) is 7.62. The van der Waals surface area contributed by atoms with Crippen LogP contribution in [0.1, 0.15) is 52.1 Å². The Morgan fingerprint density at radius 2 is 1.46 bits per heavy atom. The van der Waals surface area contributed by atoms with E-state index in [9.17, 15) is 14.4 Å². The molecule has 3 rings (SSSR count). The molecular weight excluding hydrogens is 328 g/mol. The van der Waals surface area contributed by atoms with Crippen molar-refractivity contribution in [1.82, 2.24) is 4.90 Å². The summed E-state index contributed by atoms with van der Waals surface area (Å²) in [7, 11) is 0. The molecule has 0 bridgehead atoms. The van der Waals surface area contributed by atoms with E-state index < -0.39 is 0 Å². The fraction of sp³-hybridized carbons (Fsp3) is 0.286. The maximum atomic E-state index is 12.7. The van der Waals surface area contributed by atoms with Gasteiger partial charge < -0.3 is 10.2 Å². The quantitative estimate of drug-likeness (QED) is 0.742. The van der Waals surface area contributed by atoms with E-state index in [1.165, 1.54) is 0 Å². The van der Waals surface area contributed by atoms with E-state index in [1.54, 1.807) is 42.5 Å². The van der Waals surface area contributed by atoms with Gasteiger partial charge in [0.15, 0.2) is 11.6 Å². The van der Waals surface area contributed by atoms with Crippen LogP contribution >= 0.6 is 0 Å². The van der Waals surface area contributed by atoms with Gasteiger partial charge in [-0.15, -0.1) is 0 Å². The fourth-order valence-corrected chi connectivity index (χ4v) is 3.20. The molecule has 1 amide bonds. The number of nitrogens with zero attached hydrogens (tertiary/aromatic N) is 1. The monoisotopic (exact) mass is 350 g/mol. The molecule has 0 aromatic heterocycles. The summed E-state index contributed by atoms with van der Waals surface area (Å²) in [5.41, 5.74) is 2.11. The number of fused-ring (bicyclic) bond motifs is 2. The van der Waals surface area contributed by atoms with Crippen molar-refractivity contribution in [3.63, 3.8) is 0 Å². The summed E-state index contributed by atoms with van der Waals surface area (Å²) in [6.07, 6.45) is 0.383. The molecule has 1 N–H and O–H groups in total. The highest BCUT2D eigenvalue weighted by molar-refractivity contribution is 6.28. The number of anilines is 1. The molecule has 0 atom stereocenters. The summed E-state index contributed by atoms with van der Waals surface area (Å²) >= 11 is 0. The van der Waals surface area contributed by atoms with Crippen LogP contribution < -0.4 is 5.32 Å². The highest BCUT2D eigenvalue weighted by Crippen LogP contribution is 2.29. The zero-order chi connectivity index (χ0) is 18.7. The van der Waals surface area contributed by atoms with Crippen molar-refractivity contribution in [2.75, 3.05) is 25.0 Å². The lowest BCUT2D eigenvalue weighted by Crippen LogP contribution is -2.27. The normalized spacial score (nSPS) is 12.7. The summed E-state index contributed by atoms with van der Waals surface area (Å²) in [5, 5.41) is 2.83. The van der Waals surface area contributed by atoms with Gasteiger partial charge in [0.05, 0.1) is 0 Å². The average molecular weight is 350 g/mol. The van der Waals surface area contributed by atoms with Crippen LogP contribution in [0.15, 0.2) is 42.5 Å². The molecule has 5 nitrogen and oxygen atoms in total. The maximum absolute atomic E-state index is 12.7. The van der Waals surface area contributed by atoms with Gasteiger partial charge in [0.1, 0.15) is 0 Å². The number of amides is 1. The van der Waals surface area contributed by atoms with Crippen molar-refractivity contribution in [3.8, 4) is 0 Å². The van der Waals surface area contributed by atoms with E-state index in [1.807, 2.05) is 0 Å². The number of hydrogen-bond donors (Lipinski definition) is 1. The first kappa shape index (κ1) is 18.0. The summed E-state index contributed by atoms with van der Waals surface area (Å²) in [6.45, 7) is 6.61. The lowest BCUT2D eigenvalue weighted by atomic mass is 9.84. The van der Waals surface area contributed by atoms with Gasteiger partial charge in [-0.2, -0.15) is 0 Å². The smallest absolute Gasteiger partial charge is 0.225 e. The third-order valence-corrected chi connectivity index (χ3v) is 4.76. The molecule has 1 aliphatic carbocycles. The minimum absolute atomic E-state index is 0.105. The van der Waals surface area contributed by atoms with Crippen molar-refractivity contribution in [2.24, 2.45) is 0 Å². The van der Waals surface area contributed by atoms with Gasteiger partial charge in [0.2, 0.25) is 5.91 Å². The first-order chi connectivity index (χ1) is 12.5. The molecule has 0 unspecified atom stereocenters. The van der Waals surface area contributed by atoms with E-state index in [-0.39, 0.29) is 17.5 Å². The zero-order valence-corrected chi connectivity index (χ0v) is 15.0. The molecule has 0 aliphatic heterocycles. The van der Waals surface area contributed by atoms with Crippen molar-refractivity contribution >= 4 is 23.2 Å². The summed E-state index contributed by atoms with van der Waals surface area (Å²) in [6, 6.07) is 11.7. The van der Waals surface area contributed by atoms with Crippen molar-refractivity contribution in [1.29, 1.82) is 0 Å². The highest BCUT2D eigenvalue weighted by Gasteiger charge is 2.29. The van der Waals surface area contributed by atoms with E-state index in [2.05, 4.69) is 24.1 Å². The Labute approximate surface area is 153 Å². The Morgan fingerprint density at radius 3 is 2.08 bits per heavy atom. The van der Waals surface area contributed by atoms with Gasteiger partial charge in [-0.1, -0.05) is 38.1 Å². The van der Waals surface area contributed by atoms with Gasteiger partial charge >= 0.3 is 0 Å². The van der Waals surface area contributed by atoms with Crippen LogP contribution in [-0.2, 0) is 4.79 Å². The molecule has 0 saturated heterocycles. The van der Waals surface area contributed by atoms with E-state index in [4.69, 9.17) is 0 Å². The molecule has 1 aliphatic rings. The van der Waals surface area contributed by atoms with Gasteiger partial charge in [-0.05, 0) is 31.3 Å². The number of carbonyl (C=O) groups excluding carboxylic acids is 3. The molecule has 0 radical (unpaired) electrons. The summed E-state index contributed by atoms with van der Waals surface area (Å²) in [4.78, 5) is 39.6. The van der Waals surface area contributed by atoms with Crippen LogP contribution in [0, 0.1) is 0 Å². The molecule has 26 heavy (non-hydrogen) atoms. The molecule has 0 spiro atoms. The number of carbonyl (C=O) groups is 3. The number of ketones is 2. The first-order valence-corrected chi connectivity index (χ1v) is 8.89. The second-order valence-electron chi connectivity index (χ2n) is 6.29. The van der Waals surface area contributed by atoms with Crippen molar-refractivity contribution in [2.45, 2.75) is 20.3 Å². The number of benzene rings is 2. The first-order valence-electron chi connectivity index (χ1n) is 8.89. The van der Waals surface area contributed by atoms with Crippen LogP contribution in [0.5, 0.6) is 0 Å². The summed E-state index contributed by atoms with van der Waals surface area (Å²) < 4.78 is 0. The Hall–Kier alpha value is -2.79. The number of rotatable bonds is 6. The second-order valence-corrected chi connectivity index (χ2v) is 6.29. The van der Waals surface area contributed by atoms with Crippen LogP contribution in [0.3, 0.4) is 0 Å². The van der Waals surface area contributed by atoms with E-state index in [0.717, 1.165) is 13.1 Å². The molecule has 134 valence electrons. The summed E-state index contributed by atoms with van der Waals surface area (Å²) in [5.74, 6) is -0.448. The van der Waals surface area contributed by atoms with Crippen LogP contribution in [0.2, 0.25) is 0 Å². The molecule has 0 saturated carbocycles. The fourth-order valence-electron chi connectivity index (χ4n) is 3.20. The highest BCUT2D eigenvalue weighted by atomic mass is 16.2. The molecule has 5 heteroatoms. The third kappa shape index (κ3) is 3.44. The van der Waals surface area contributed by atoms with Crippen LogP contribution in [0.25, 0.3) is 0 Å². The topological polar surface area (TPSA) is 66.5 Å². The molecule has 2 aromatic carbocycles. The minimum Gasteiger partial charge on any atom is -0.326 e. The average Bonchev–Trinajstić information content (AvgIpc) is 2.67. The Kier molecular flexibility index (Phi) is 5.28. The van der Waals surface area contributed by atoms with Gasteiger partial charge in [0.25, 0.3) is 0 Å². The molecule has 0 heterocycles. The standard InChI is InChI=1S/C21H22N2O3/c1-3-23(4-2)12-11-19(24)22-14-9-10-17-18(13-14)21(26)16-8-6-5-7-15(16)20(17)25/h5-10,13H,3-4,11-12H2,1-2H3,(H,22,24). The SMILES string of the molecule is CCN(CC)CCC(=O)Nc1ccc2c(c1)C(=O)c1ccccc1C2=O. The van der Waals surface area contributed by atoms with Crippen molar-refractivity contribution in [3.05, 3.63) is 64.7 Å². The third-order valence-electron chi connectivity index (χ3n) is 4.76. The Balaban J connectivity index is 1.78. The number of nitrogens with one attached hydrogen (secondary N) is 1. The largest absolute Gasteiger partial charge is 0.326 e. The molecule has 2 aromatic rings. The predicted molar refractivity (Wildman–Crippen MR) is 101 cm³/mol. The van der Waals surface area contributed by atoms with Crippen LogP contribution in [-0.4, -0.2) is 42.0 Å². The van der Waals surface area contributed by atoms with E-state index in [0.29, 0.717) is 40.9 Å². The Morgan fingerprint density at radius 1 is 0.885 bits per heavy atom. The number of hydrogen-bond acceptors (Lipinski definition) is 4. The van der Waals surface area contributed by atoms with Crippen LogP contribution in [0.4, 0.5) is 5.69 Å². The molecular formula is C21H22N2O3. The van der Waals surface area contributed by atoms with Gasteiger partial charge in [-0.3, -0.25) is 14.4 Å². The zero-order valence-electron chi connectivity index (χ0n) is 15.0. The molecule has 0 fully saturated rings.